The molecule has 7 nitrogen and oxygen atoms in total. The highest BCUT2D eigenvalue weighted by Crippen LogP contribution is 2.26. The van der Waals surface area contributed by atoms with Crippen LogP contribution < -0.4 is 10.7 Å². The van der Waals surface area contributed by atoms with E-state index in [0.29, 0.717) is 23.1 Å². The Morgan fingerprint density at radius 1 is 1.09 bits per heavy atom. The van der Waals surface area contributed by atoms with Crippen LogP contribution in [0, 0.1) is 0 Å². The third kappa shape index (κ3) is 6.48. The molecular weight excluding hydrogens is 478 g/mol. The van der Waals surface area contributed by atoms with E-state index in [1.165, 1.54) is 5.56 Å². The molecule has 2 N–H and O–H groups in total. The maximum absolute atomic E-state index is 13.3. The van der Waals surface area contributed by atoms with Gasteiger partial charge in [0.2, 0.25) is 10.0 Å². The molecule has 3 aromatic rings. The Bertz CT molecular complexity index is 1290. The molecule has 0 unspecified atom stereocenters. The van der Waals surface area contributed by atoms with Crippen molar-refractivity contribution in [3.05, 3.63) is 59.8 Å². The van der Waals surface area contributed by atoms with Gasteiger partial charge in [-0.3, -0.25) is 5.43 Å². The molecule has 2 aromatic carbocycles. The number of thiocarbonyl (C=S) groups is 1. The monoisotopic (exact) mass is 513 g/mol. The van der Waals surface area contributed by atoms with Crippen molar-refractivity contribution in [2.24, 2.45) is 5.10 Å². The van der Waals surface area contributed by atoms with Crippen LogP contribution in [0.4, 0.5) is 5.69 Å². The minimum atomic E-state index is -3.57. The second-order valence-electron chi connectivity index (χ2n) is 8.33. The van der Waals surface area contributed by atoms with Crippen molar-refractivity contribution in [2.75, 3.05) is 18.4 Å². The van der Waals surface area contributed by atoms with E-state index in [2.05, 4.69) is 46.4 Å². The van der Waals surface area contributed by atoms with E-state index >= 15 is 0 Å². The van der Waals surface area contributed by atoms with Crippen molar-refractivity contribution in [1.82, 2.24) is 14.3 Å². The fourth-order valence-corrected chi connectivity index (χ4v) is 5.84. The number of aryl methyl sites for hydroxylation is 2. The van der Waals surface area contributed by atoms with Crippen LogP contribution in [0.25, 0.3) is 10.9 Å². The number of nitrogens with zero attached hydrogens (tertiary/aromatic N) is 3. The smallest absolute Gasteiger partial charge is 0.243 e. The van der Waals surface area contributed by atoms with E-state index in [1.807, 2.05) is 38.2 Å². The Kier molecular flexibility index (Phi) is 9.42. The lowest BCUT2D eigenvalue weighted by molar-refractivity contribution is 0.410. The number of fused-ring (bicyclic) bond motifs is 1. The molecule has 1 heterocycles. The molecule has 9 heteroatoms. The average Bonchev–Trinajstić information content (AvgIpc) is 3.21. The SMILES string of the molecule is CCCN(CCC)S(=O)(=O)c1ccc2c(c1)c(C=NNC(=S)Nc1cccc(CC)c1)cn2CC. The zero-order valence-corrected chi connectivity index (χ0v) is 22.5. The second kappa shape index (κ2) is 12.3. The molecule has 3 rings (SSSR count). The molecule has 0 atom stereocenters. The van der Waals surface area contributed by atoms with Gasteiger partial charge in [-0.1, -0.05) is 32.9 Å². The number of hydrogen-bond donors (Lipinski definition) is 2. The summed E-state index contributed by atoms with van der Waals surface area (Å²) in [5.41, 5.74) is 6.76. The Morgan fingerprint density at radius 3 is 2.49 bits per heavy atom. The number of hydrazone groups is 1. The lowest BCUT2D eigenvalue weighted by Crippen LogP contribution is -2.32. The van der Waals surface area contributed by atoms with E-state index in [0.717, 1.165) is 48.0 Å². The molecule has 0 amide bonds. The van der Waals surface area contributed by atoms with Crippen molar-refractivity contribution in [2.45, 2.75) is 58.4 Å². The molecule has 0 saturated heterocycles. The zero-order valence-electron chi connectivity index (χ0n) is 20.9. The topological polar surface area (TPSA) is 78.7 Å². The summed E-state index contributed by atoms with van der Waals surface area (Å²) in [5, 5.41) is 8.67. The third-order valence-electron chi connectivity index (χ3n) is 5.77. The van der Waals surface area contributed by atoms with Gasteiger partial charge in [0.1, 0.15) is 0 Å². The van der Waals surface area contributed by atoms with Crippen molar-refractivity contribution in [3.63, 3.8) is 0 Å². The predicted molar refractivity (Wildman–Crippen MR) is 150 cm³/mol. The minimum absolute atomic E-state index is 0.302. The van der Waals surface area contributed by atoms with Crippen LogP contribution in [0.1, 0.15) is 51.7 Å². The number of hydrogen-bond acceptors (Lipinski definition) is 4. The third-order valence-corrected chi connectivity index (χ3v) is 7.86. The van der Waals surface area contributed by atoms with E-state index in [1.54, 1.807) is 22.7 Å². The first-order chi connectivity index (χ1) is 16.8. The standard InChI is InChI=1S/C26H35N5O2S2/c1-5-14-31(15-6-2)35(32,33)23-12-13-25-24(17-23)21(19-30(25)8-4)18-27-29-26(34)28-22-11-9-10-20(7-3)16-22/h9-13,16-19H,5-8,14-15H2,1-4H3,(H2,28,29,34). The second-order valence-corrected chi connectivity index (χ2v) is 10.7. The zero-order chi connectivity index (χ0) is 25.4. The number of rotatable bonds is 11. The minimum Gasteiger partial charge on any atom is -0.347 e. The van der Waals surface area contributed by atoms with Gasteiger partial charge in [0, 0.05) is 48.0 Å². The fourth-order valence-electron chi connectivity index (χ4n) is 4.02. The average molecular weight is 514 g/mol. The van der Waals surface area contributed by atoms with Gasteiger partial charge >= 0.3 is 0 Å². The number of benzene rings is 2. The van der Waals surface area contributed by atoms with Gasteiger partial charge in [0.15, 0.2) is 5.11 Å². The first kappa shape index (κ1) is 26.8. The van der Waals surface area contributed by atoms with Gasteiger partial charge in [0.25, 0.3) is 0 Å². The van der Waals surface area contributed by atoms with Crippen molar-refractivity contribution in [3.8, 4) is 0 Å². The largest absolute Gasteiger partial charge is 0.347 e. The summed E-state index contributed by atoms with van der Waals surface area (Å²) in [5.74, 6) is 0. The Balaban J connectivity index is 1.85. The first-order valence-electron chi connectivity index (χ1n) is 12.2. The maximum atomic E-state index is 13.3. The number of nitrogens with one attached hydrogen (secondary N) is 2. The van der Waals surface area contributed by atoms with Crippen LogP contribution in [0.15, 0.2) is 58.7 Å². The summed E-state index contributed by atoms with van der Waals surface area (Å²) in [6, 6.07) is 13.4. The van der Waals surface area contributed by atoms with Crippen molar-refractivity contribution < 1.29 is 8.42 Å². The molecule has 0 saturated carbocycles. The van der Waals surface area contributed by atoms with Crippen LogP contribution in [0.2, 0.25) is 0 Å². The van der Waals surface area contributed by atoms with Crippen molar-refractivity contribution in [1.29, 1.82) is 0 Å². The van der Waals surface area contributed by atoms with Crippen molar-refractivity contribution >= 4 is 50.2 Å². The normalized spacial score (nSPS) is 12.0. The predicted octanol–water partition coefficient (Wildman–Crippen LogP) is 5.35. The van der Waals surface area contributed by atoms with Gasteiger partial charge < -0.3 is 9.88 Å². The Labute approximate surface area is 214 Å². The molecule has 0 spiro atoms. The van der Waals surface area contributed by atoms with Gasteiger partial charge in [-0.15, -0.1) is 0 Å². The molecule has 0 aliphatic rings. The van der Waals surface area contributed by atoms with Crippen LogP contribution in [0.3, 0.4) is 0 Å². The van der Waals surface area contributed by atoms with E-state index in [4.69, 9.17) is 12.2 Å². The summed E-state index contributed by atoms with van der Waals surface area (Å²) in [7, 11) is -3.57. The number of sulfonamides is 1. The Morgan fingerprint density at radius 2 is 1.83 bits per heavy atom. The number of anilines is 1. The highest BCUT2D eigenvalue weighted by molar-refractivity contribution is 7.89. The van der Waals surface area contributed by atoms with Gasteiger partial charge in [0.05, 0.1) is 11.1 Å². The molecule has 188 valence electrons. The lowest BCUT2D eigenvalue weighted by Gasteiger charge is -2.21. The summed E-state index contributed by atoms with van der Waals surface area (Å²) in [6.45, 7) is 9.91. The molecular formula is C26H35N5O2S2. The molecule has 0 fully saturated rings. The summed E-state index contributed by atoms with van der Waals surface area (Å²) < 4.78 is 30.3. The van der Waals surface area contributed by atoms with Gasteiger partial charge in [-0.25, -0.2) is 8.42 Å². The van der Waals surface area contributed by atoms with E-state index in [-0.39, 0.29) is 0 Å². The fraction of sp³-hybridized carbons (Fsp3) is 0.385. The summed E-state index contributed by atoms with van der Waals surface area (Å²) >= 11 is 5.38. The first-order valence-corrected chi connectivity index (χ1v) is 14.0. The van der Waals surface area contributed by atoms with Crippen LogP contribution in [-0.2, 0) is 23.0 Å². The van der Waals surface area contributed by atoms with Gasteiger partial charge in [-0.2, -0.15) is 9.41 Å². The molecule has 0 aliphatic heterocycles. The molecule has 1 aromatic heterocycles. The Hall–Kier alpha value is -2.75. The highest BCUT2D eigenvalue weighted by atomic mass is 32.2. The lowest BCUT2D eigenvalue weighted by atomic mass is 10.1. The summed E-state index contributed by atoms with van der Waals surface area (Å²) in [4.78, 5) is 0.302. The number of aromatic nitrogens is 1. The highest BCUT2D eigenvalue weighted by Gasteiger charge is 2.24. The van der Waals surface area contributed by atoms with Crippen LogP contribution >= 0.6 is 12.2 Å². The summed E-state index contributed by atoms with van der Waals surface area (Å²) in [6.07, 6.45) is 6.14. The van der Waals surface area contributed by atoms with Gasteiger partial charge in [-0.05, 0) is 74.3 Å². The molecule has 0 radical (unpaired) electrons. The maximum Gasteiger partial charge on any atom is 0.243 e. The molecule has 35 heavy (non-hydrogen) atoms. The quantitative estimate of drug-likeness (QED) is 0.205. The van der Waals surface area contributed by atoms with Crippen LogP contribution in [0.5, 0.6) is 0 Å². The van der Waals surface area contributed by atoms with E-state index in [9.17, 15) is 8.42 Å². The molecule has 0 bridgehead atoms. The van der Waals surface area contributed by atoms with E-state index < -0.39 is 10.0 Å². The van der Waals surface area contributed by atoms with Crippen LogP contribution in [-0.4, -0.2) is 41.7 Å². The molecule has 0 aliphatic carbocycles.